The van der Waals surface area contributed by atoms with Gasteiger partial charge in [0.1, 0.15) is 0 Å². The standard InChI is InChI=1S/C19H23N3O2/c1-14-16(12-20-22(14)13-15-6-3-2-4-7-15)19(23)21-10-11-24-18-9-5-8-17(18)21/h2-4,6-7,12,17-18H,5,8-11,13H2,1H3/t17-,18-/m1/s1. The molecule has 5 nitrogen and oxygen atoms in total. The van der Waals surface area contributed by atoms with Gasteiger partial charge in [-0.2, -0.15) is 5.10 Å². The number of amides is 1. The molecule has 0 unspecified atom stereocenters. The number of benzene rings is 1. The van der Waals surface area contributed by atoms with Gasteiger partial charge in [0.05, 0.1) is 37.1 Å². The molecule has 1 aromatic carbocycles. The smallest absolute Gasteiger partial charge is 0.257 e. The van der Waals surface area contributed by atoms with Gasteiger partial charge in [-0.25, -0.2) is 0 Å². The Bertz CT molecular complexity index is 725. The lowest BCUT2D eigenvalue weighted by Gasteiger charge is -2.37. The third-order valence-corrected chi connectivity index (χ3v) is 5.25. The van der Waals surface area contributed by atoms with E-state index in [4.69, 9.17) is 4.74 Å². The molecule has 1 aliphatic heterocycles. The average molecular weight is 325 g/mol. The molecule has 1 aromatic heterocycles. The molecule has 5 heteroatoms. The summed E-state index contributed by atoms with van der Waals surface area (Å²) in [5.41, 5.74) is 2.84. The molecule has 0 spiro atoms. The van der Waals surface area contributed by atoms with Gasteiger partial charge >= 0.3 is 0 Å². The number of aromatic nitrogens is 2. The molecule has 2 aliphatic rings. The van der Waals surface area contributed by atoms with E-state index in [0.717, 1.165) is 30.5 Å². The summed E-state index contributed by atoms with van der Waals surface area (Å²) in [5, 5.41) is 4.45. The number of carbonyl (C=O) groups is 1. The van der Waals surface area contributed by atoms with E-state index in [1.54, 1.807) is 6.20 Å². The third kappa shape index (κ3) is 2.73. The van der Waals surface area contributed by atoms with Crippen molar-refractivity contribution in [2.45, 2.75) is 44.9 Å². The molecule has 1 amide bonds. The van der Waals surface area contributed by atoms with Crippen molar-refractivity contribution in [2.24, 2.45) is 0 Å². The van der Waals surface area contributed by atoms with E-state index in [-0.39, 0.29) is 18.1 Å². The maximum atomic E-state index is 13.0. The van der Waals surface area contributed by atoms with Crippen LogP contribution in [0, 0.1) is 6.92 Å². The van der Waals surface area contributed by atoms with Gasteiger partial charge in [0, 0.05) is 12.2 Å². The van der Waals surface area contributed by atoms with Crippen molar-refractivity contribution < 1.29 is 9.53 Å². The first kappa shape index (κ1) is 15.4. The van der Waals surface area contributed by atoms with Crippen LogP contribution in [-0.2, 0) is 11.3 Å². The largest absolute Gasteiger partial charge is 0.374 e. The summed E-state index contributed by atoms with van der Waals surface area (Å²) in [6.07, 6.45) is 5.21. The highest BCUT2D eigenvalue weighted by molar-refractivity contribution is 5.95. The van der Waals surface area contributed by atoms with Crippen LogP contribution in [0.1, 0.15) is 40.9 Å². The molecular formula is C19H23N3O2. The minimum absolute atomic E-state index is 0.104. The number of hydrogen-bond donors (Lipinski definition) is 0. The summed E-state index contributed by atoms with van der Waals surface area (Å²) >= 11 is 0. The third-order valence-electron chi connectivity index (χ3n) is 5.25. The maximum Gasteiger partial charge on any atom is 0.257 e. The van der Waals surface area contributed by atoms with Crippen molar-refractivity contribution in [3.63, 3.8) is 0 Å². The number of nitrogens with zero attached hydrogens (tertiary/aromatic N) is 3. The molecular weight excluding hydrogens is 302 g/mol. The van der Waals surface area contributed by atoms with Gasteiger partial charge in [-0.15, -0.1) is 0 Å². The van der Waals surface area contributed by atoms with Crippen LogP contribution in [0.5, 0.6) is 0 Å². The summed E-state index contributed by atoms with van der Waals surface area (Å²) in [4.78, 5) is 15.1. The molecule has 2 aromatic rings. The average Bonchev–Trinajstić information content (AvgIpc) is 3.22. The quantitative estimate of drug-likeness (QED) is 0.871. The second-order valence-corrected chi connectivity index (χ2v) is 6.69. The van der Waals surface area contributed by atoms with E-state index in [0.29, 0.717) is 19.7 Å². The first-order chi connectivity index (χ1) is 11.7. The van der Waals surface area contributed by atoms with E-state index < -0.39 is 0 Å². The Morgan fingerprint density at radius 1 is 1.29 bits per heavy atom. The highest BCUT2D eigenvalue weighted by Gasteiger charge is 2.39. The van der Waals surface area contributed by atoms with Crippen molar-refractivity contribution in [2.75, 3.05) is 13.2 Å². The number of morpholine rings is 1. The molecule has 4 rings (SSSR count). The van der Waals surface area contributed by atoms with E-state index in [1.165, 1.54) is 5.56 Å². The van der Waals surface area contributed by atoms with E-state index in [9.17, 15) is 4.79 Å². The number of ether oxygens (including phenoxy) is 1. The monoisotopic (exact) mass is 325 g/mol. The molecule has 1 saturated heterocycles. The highest BCUT2D eigenvalue weighted by Crippen LogP contribution is 2.31. The van der Waals surface area contributed by atoms with Crippen LogP contribution in [0.2, 0.25) is 0 Å². The topological polar surface area (TPSA) is 47.4 Å². The zero-order valence-corrected chi connectivity index (χ0v) is 14.0. The van der Waals surface area contributed by atoms with Crippen LogP contribution in [0.15, 0.2) is 36.5 Å². The number of hydrogen-bond acceptors (Lipinski definition) is 3. The minimum Gasteiger partial charge on any atom is -0.374 e. The van der Waals surface area contributed by atoms with Crippen molar-refractivity contribution in [1.82, 2.24) is 14.7 Å². The van der Waals surface area contributed by atoms with Gasteiger partial charge in [0.25, 0.3) is 5.91 Å². The van der Waals surface area contributed by atoms with Gasteiger partial charge in [0.15, 0.2) is 0 Å². The normalized spacial score (nSPS) is 23.3. The fourth-order valence-electron chi connectivity index (χ4n) is 3.90. The summed E-state index contributed by atoms with van der Waals surface area (Å²) in [7, 11) is 0. The van der Waals surface area contributed by atoms with Crippen molar-refractivity contribution in [1.29, 1.82) is 0 Å². The summed E-state index contributed by atoms with van der Waals surface area (Å²) in [6, 6.07) is 10.4. The molecule has 0 bridgehead atoms. The first-order valence-corrected chi connectivity index (χ1v) is 8.73. The zero-order chi connectivity index (χ0) is 16.5. The van der Waals surface area contributed by atoms with E-state index in [1.807, 2.05) is 34.7 Å². The van der Waals surface area contributed by atoms with Gasteiger partial charge in [-0.1, -0.05) is 30.3 Å². The molecule has 24 heavy (non-hydrogen) atoms. The molecule has 0 N–H and O–H groups in total. The Hall–Kier alpha value is -2.14. The number of rotatable bonds is 3. The van der Waals surface area contributed by atoms with Crippen molar-refractivity contribution in [3.8, 4) is 0 Å². The van der Waals surface area contributed by atoms with Crippen LogP contribution in [0.25, 0.3) is 0 Å². The first-order valence-electron chi connectivity index (χ1n) is 8.73. The Balaban J connectivity index is 1.55. The SMILES string of the molecule is Cc1c(C(=O)N2CCO[C@@H]3CCC[C@H]32)cnn1Cc1ccccc1. The fraction of sp³-hybridized carbons (Fsp3) is 0.474. The van der Waals surface area contributed by atoms with E-state index in [2.05, 4.69) is 17.2 Å². The van der Waals surface area contributed by atoms with Gasteiger partial charge < -0.3 is 9.64 Å². The Morgan fingerprint density at radius 2 is 2.12 bits per heavy atom. The lowest BCUT2D eigenvalue weighted by atomic mass is 10.1. The Kier molecular flexibility index (Phi) is 4.10. The molecule has 2 fully saturated rings. The number of carbonyl (C=O) groups excluding carboxylic acids is 1. The molecule has 126 valence electrons. The molecule has 2 heterocycles. The highest BCUT2D eigenvalue weighted by atomic mass is 16.5. The second kappa shape index (κ2) is 6.40. The lowest BCUT2D eigenvalue weighted by Crippen LogP contribution is -2.51. The van der Waals surface area contributed by atoms with Crippen LogP contribution in [-0.4, -0.2) is 45.9 Å². The molecule has 1 saturated carbocycles. The predicted molar refractivity (Wildman–Crippen MR) is 90.9 cm³/mol. The van der Waals surface area contributed by atoms with E-state index >= 15 is 0 Å². The Labute approximate surface area is 142 Å². The van der Waals surface area contributed by atoms with Gasteiger partial charge in [-0.3, -0.25) is 9.48 Å². The Morgan fingerprint density at radius 3 is 2.96 bits per heavy atom. The van der Waals surface area contributed by atoms with Crippen LogP contribution < -0.4 is 0 Å². The second-order valence-electron chi connectivity index (χ2n) is 6.69. The zero-order valence-electron chi connectivity index (χ0n) is 14.0. The fourth-order valence-corrected chi connectivity index (χ4v) is 3.90. The minimum atomic E-state index is 0.104. The van der Waals surface area contributed by atoms with Crippen LogP contribution in [0.4, 0.5) is 0 Å². The predicted octanol–water partition coefficient (Wildman–Crippen LogP) is 2.63. The van der Waals surface area contributed by atoms with Crippen LogP contribution in [0.3, 0.4) is 0 Å². The van der Waals surface area contributed by atoms with Gasteiger partial charge in [0.2, 0.25) is 0 Å². The van der Waals surface area contributed by atoms with Crippen LogP contribution >= 0.6 is 0 Å². The summed E-state index contributed by atoms with van der Waals surface area (Å²) < 4.78 is 7.73. The lowest BCUT2D eigenvalue weighted by molar-refractivity contribution is -0.0445. The summed E-state index contributed by atoms with van der Waals surface area (Å²) in [5.74, 6) is 0.104. The maximum absolute atomic E-state index is 13.0. The number of fused-ring (bicyclic) bond motifs is 1. The van der Waals surface area contributed by atoms with Gasteiger partial charge in [-0.05, 0) is 31.7 Å². The van der Waals surface area contributed by atoms with Crippen molar-refractivity contribution >= 4 is 5.91 Å². The molecule has 2 atom stereocenters. The summed E-state index contributed by atoms with van der Waals surface area (Å²) in [6.45, 7) is 4.00. The molecule has 0 radical (unpaired) electrons. The molecule has 1 aliphatic carbocycles. The van der Waals surface area contributed by atoms with Crippen molar-refractivity contribution in [3.05, 3.63) is 53.3 Å².